The second kappa shape index (κ2) is 6.37. The van der Waals surface area contributed by atoms with Crippen molar-refractivity contribution < 1.29 is 4.79 Å². The van der Waals surface area contributed by atoms with E-state index in [4.69, 9.17) is 11.6 Å². The zero-order chi connectivity index (χ0) is 14.7. The van der Waals surface area contributed by atoms with Crippen molar-refractivity contribution in [3.63, 3.8) is 0 Å². The summed E-state index contributed by atoms with van der Waals surface area (Å²) in [6.07, 6.45) is 0. The van der Waals surface area contributed by atoms with Crippen molar-refractivity contribution in [2.24, 2.45) is 0 Å². The molecule has 0 fully saturated rings. The van der Waals surface area contributed by atoms with E-state index >= 15 is 0 Å². The molecule has 0 aliphatic carbocycles. The first kappa shape index (κ1) is 15.0. The predicted octanol–water partition coefficient (Wildman–Crippen LogP) is 2.65. The number of anilines is 1. The predicted molar refractivity (Wildman–Crippen MR) is 83.6 cm³/mol. The maximum Gasteiger partial charge on any atom is 0.242 e. The number of hydrogen-bond acceptors (Lipinski definition) is 5. The summed E-state index contributed by atoms with van der Waals surface area (Å²) in [4.78, 5) is 25.0. The van der Waals surface area contributed by atoms with Gasteiger partial charge in [-0.3, -0.25) is 4.79 Å². The fourth-order valence-corrected chi connectivity index (χ4v) is 3.03. The van der Waals surface area contributed by atoms with Crippen LogP contribution >= 0.6 is 22.9 Å². The van der Waals surface area contributed by atoms with Gasteiger partial charge in [-0.1, -0.05) is 0 Å². The standard InChI is InChI=1S/C13H17ClN4OS/c1-4-18(5-2)10(19)8-17(3)11-9-6-7-20-12(9)16-13(14)15-11/h6-7H,4-5,8H2,1-3H3. The Bertz CT molecular complexity index is 611. The molecule has 1 amide bonds. The Morgan fingerprint density at radius 3 is 2.70 bits per heavy atom. The van der Waals surface area contributed by atoms with Crippen LogP contribution in [-0.4, -0.2) is 47.5 Å². The molecule has 0 spiro atoms. The maximum atomic E-state index is 12.2. The van der Waals surface area contributed by atoms with Gasteiger partial charge < -0.3 is 9.80 Å². The molecule has 0 aliphatic heterocycles. The minimum atomic E-state index is 0.0793. The van der Waals surface area contributed by atoms with E-state index in [9.17, 15) is 4.79 Å². The molecule has 0 radical (unpaired) electrons. The molecular formula is C13H17ClN4OS. The van der Waals surface area contributed by atoms with E-state index in [1.807, 2.05) is 37.2 Å². The van der Waals surface area contributed by atoms with Crippen molar-refractivity contribution in [3.05, 3.63) is 16.7 Å². The summed E-state index contributed by atoms with van der Waals surface area (Å²) in [7, 11) is 1.84. The lowest BCUT2D eigenvalue weighted by Gasteiger charge is -2.24. The van der Waals surface area contributed by atoms with E-state index in [1.54, 1.807) is 4.90 Å². The van der Waals surface area contributed by atoms with E-state index in [1.165, 1.54) is 11.3 Å². The minimum absolute atomic E-state index is 0.0793. The monoisotopic (exact) mass is 312 g/mol. The van der Waals surface area contributed by atoms with E-state index in [-0.39, 0.29) is 17.7 Å². The van der Waals surface area contributed by atoms with Gasteiger partial charge in [0.05, 0.1) is 11.9 Å². The first-order chi connectivity index (χ1) is 9.56. The normalized spacial score (nSPS) is 10.8. The smallest absolute Gasteiger partial charge is 0.242 e. The summed E-state index contributed by atoms with van der Waals surface area (Å²) in [5.74, 6) is 0.775. The van der Waals surface area contributed by atoms with Gasteiger partial charge in [0, 0.05) is 20.1 Å². The number of halogens is 1. The second-order valence-electron chi connectivity index (χ2n) is 4.38. The van der Waals surface area contributed by atoms with Crippen LogP contribution in [0.4, 0.5) is 5.82 Å². The first-order valence-electron chi connectivity index (χ1n) is 6.46. The molecule has 2 heterocycles. The van der Waals surface area contributed by atoms with Crippen molar-refractivity contribution in [1.82, 2.24) is 14.9 Å². The average Bonchev–Trinajstić information content (AvgIpc) is 2.86. The highest BCUT2D eigenvalue weighted by Gasteiger charge is 2.17. The van der Waals surface area contributed by atoms with Crippen LogP contribution in [0.2, 0.25) is 5.28 Å². The highest BCUT2D eigenvalue weighted by molar-refractivity contribution is 7.16. The molecular weight excluding hydrogens is 296 g/mol. The van der Waals surface area contributed by atoms with E-state index in [2.05, 4.69) is 9.97 Å². The molecule has 2 aromatic rings. The molecule has 0 atom stereocenters. The molecule has 2 aromatic heterocycles. The molecule has 5 nitrogen and oxygen atoms in total. The summed E-state index contributed by atoms with van der Waals surface area (Å²) < 4.78 is 0. The Kier molecular flexibility index (Phi) is 4.77. The highest BCUT2D eigenvalue weighted by atomic mass is 35.5. The Morgan fingerprint density at radius 2 is 2.05 bits per heavy atom. The summed E-state index contributed by atoms with van der Waals surface area (Å²) in [6, 6.07) is 1.95. The lowest BCUT2D eigenvalue weighted by molar-refractivity contribution is -0.129. The van der Waals surface area contributed by atoms with Gasteiger partial charge in [0.2, 0.25) is 11.2 Å². The zero-order valence-electron chi connectivity index (χ0n) is 11.8. The molecule has 108 valence electrons. The van der Waals surface area contributed by atoms with Crippen LogP contribution in [0.15, 0.2) is 11.4 Å². The van der Waals surface area contributed by atoms with Gasteiger partial charge in [0.15, 0.2) is 0 Å². The molecule has 0 saturated carbocycles. The van der Waals surface area contributed by atoms with Crippen LogP contribution in [0.3, 0.4) is 0 Å². The minimum Gasteiger partial charge on any atom is -0.350 e. The van der Waals surface area contributed by atoms with Gasteiger partial charge in [-0.25, -0.2) is 4.98 Å². The van der Waals surface area contributed by atoms with Gasteiger partial charge >= 0.3 is 0 Å². The fraction of sp³-hybridized carbons (Fsp3) is 0.462. The second-order valence-corrected chi connectivity index (χ2v) is 5.61. The van der Waals surface area contributed by atoms with Crippen molar-refractivity contribution in [1.29, 1.82) is 0 Å². The largest absolute Gasteiger partial charge is 0.350 e. The molecule has 2 rings (SSSR count). The van der Waals surface area contributed by atoms with Gasteiger partial charge in [-0.2, -0.15) is 4.98 Å². The lowest BCUT2D eigenvalue weighted by Crippen LogP contribution is -2.39. The van der Waals surface area contributed by atoms with Crippen LogP contribution < -0.4 is 4.90 Å². The van der Waals surface area contributed by atoms with Crippen LogP contribution in [0, 0.1) is 0 Å². The third-order valence-corrected chi connectivity index (χ3v) is 4.10. The van der Waals surface area contributed by atoms with Crippen LogP contribution in [0.5, 0.6) is 0 Å². The van der Waals surface area contributed by atoms with E-state index < -0.39 is 0 Å². The number of hydrogen-bond donors (Lipinski definition) is 0. The number of carbonyl (C=O) groups excluding carboxylic acids is 1. The quantitative estimate of drug-likeness (QED) is 0.796. The van der Waals surface area contributed by atoms with Gasteiger partial charge in [0.1, 0.15) is 10.6 Å². The average molecular weight is 313 g/mol. The summed E-state index contributed by atoms with van der Waals surface area (Å²) in [6.45, 7) is 5.64. The number of nitrogens with zero attached hydrogens (tertiary/aromatic N) is 4. The number of fused-ring (bicyclic) bond motifs is 1. The van der Waals surface area contributed by atoms with Gasteiger partial charge in [0.25, 0.3) is 0 Å². The lowest BCUT2D eigenvalue weighted by atomic mass is 10.3. The summed E-state index contributed by atoms with van der Waals surface area (Å²) in [5, 5.41) is 3.07. The Morgan fingerprint density at radius 1 is 1.35 bits per heavy atom. The fourth-order valence-electron chi connectivity index (χ4n) is 2.06. The van der Waals surface area contributed by atoms with Crippen LogP contribution in [0.25, 0.3) is 10.2 Å². The first-order valence-corrected chi connectivity index (χ1v) is 7.72. The van der Waals surface area contributed by atoms with Crippen LogP contribution in [0.1, 0.15) is 13.8 Å². The molecule has 0 saturated heterocycles. The van der Waals surface area contributed by atoms with Gasteiger partial charge in [-0.05, 0) is 36.9 Å². The molecule has 0 bridgehead atoms. The molecule has 0 aromatic carbocycles. The molecule has 0 N–H and O–H groups in total. The molecule has 0 unspecified atom stereocenters. The third kappa shape index (κ3) is 3.02. The van der Waals surface area contributed by atoms with Crippen LogP contribution in [-0.2, 0) is 4.79 Å². The molecule has 20 heavy (non-hydrogen) atoms. The third-order valence-electron chi connectivity index (χ3n) is 3.13. The van der Waals surface area contributed by atoms with Crippen molar-refractivity contribution in [2.75, 3.05) is 31.6 Å². The van der Waals surface area contributed by atoms with E-state index in [0.29, 0.717) is 18.9 Å². The zero-order valence-corrected chi connectivity index (χ0v) is 13.3. The highest BCUT2D eigenvalue weighted by Crippen LogP contribution is 2.28. The molecule has 0 aliphatic rings. The Labute approximate surface area is 127 Å². The topological polar surface area (TPSA) is 49.3 Å². The maximum absolute atomic E-state index is 12.2. The number of amides is 1. The Balaban J connectivity index is 2.25. The Hall–Kier alpha value is -1.40. The van der Waals surface area contributed by atoms with Crippen molar-refractivity contribution in [2.45, 2.75) is 13.8 Å². The number of likely N-dealkylation sites (N-methyl/N-ethyl adjacent to an activating group) is 2. The number of thiophene rings is 1. The number of carbonyl (C=O) groups is 1. The van der Waals surface area contributed by atoms with Gasteiger partial charge in [-0.15, -0.1) is 11.3 Å². The van der Waals surface area contributed by atoms with E-state index in [0.717, 1.165) is 10.2 Å². The summed E-state index contributed by atoms with van der Waals surface area (Å²) >= 11 is 7.45. The number of rotatable bonds is 5. The molecule has 7 heteroatoms. The SMILES string of the molecule is CCN(CC)C(=O)CN(C)c1nc(Cl)nc2sccc12. The van der Waals surface area contributed by atoms with Crippen molar-refractivity contribution >= 4 is 44.9 Å². The number of aromatic nitrogens is 2. The summed E-state index contributed by atoms with van der Waals surface area (Å²) in [5.41, 5.74) is 0. The van der Waals surface area contributed by atoms with Crippen molar-refractivity contribution in [3.8, 4) is 0 Å².